The summed E-state index contributed by atoms with van der Waals surface area (Å²) in [6.45, 7) is 4.47. The number of nitrogens with one attached hydrogen (secondary N) is 2. The van der Waals surface area contributed by atoms with Crippen LogP contribution in [0.5, 0.6) is 0 Å². The van der Waals surface area contributed by atoms with Crippen molar-refractivity contribution >= 4 is 40.0 Å². The van der Waals surface area contributed by atoms with E-state index in [1.165, 1.54) is 4.31 Å². The van der Waals surface area contributed by atoms with E-state index in [2.05, 4.69) is 20.7 Å². The highest BCUT2D eigenvalue weighted by Crippen LogP contribution is 1.98. The number of guanidine groups is 1. The fourth-order valence-corrected chi connectivity index (χ4v) is 2.82. The van der Waals surface area contributed by atoms with Gasteiger partial charge >= 0.3 is 0 Å². The Morgan fingerprint density at radius 2 is 1.96 bits per heavy atom. The van der Waals surface area contributed by atoms with Crippen molar-refractivity contribution in [2.24, 2.45) is 4.99 Å². The standard InChI is InChI=1S/C14H28N6O2S.HI/c1-4-23(21,22)19(3)11-5-8-16-14(15-2)17-9-6-12-20-13-7-10-18-20;/h7,10,13H,4-6,8-9,11-12H2,1-3H3,(H2,15,16,17);1H. The Hall–Kier alpha value is -0.880. The van der Waals surface area contributed by atoms with Crippen LogP contribution in [0.4, 0.5) is 0 Å². The van der Waals surface area contributed by atoms with Crippen LogP contribution in [0.15, 0.2) is 23.5 Å². The van der Waals surface area contributed by atoms with E-state index in [1.54, 1.807) is 27.2 Å². The second-order valence-electron chi connectivity index (χ2n) is 5.12. The van der Waals surface area contributed by atoms with Gasteiger partial charge in [-0.2, -0.15) is 5.10 Å². The first kappa shape index (κ1) is 23.1. The van der Waals surface area contributed by atoms with Gasteiger partial charge < -0.3 is 10.6 Å². The van der Waals surface area contributed by atoms with Crippen molar-refractivity contribution in [2.45, 2.75) is 26.3 Å². The molecule has 0 radical (unpaired) electrons. The van der Waals surface area contributed by atoms with E-state index in [0.29, 0.717) is 13.1 Å². The summed E-state index contributed by atoms with van der Waals surface area (Å²) in [5, 5.41) is 10.6. The van der Waals surface area contributed by atoms with Crippen molar-refractivity contribution in [1.29, 1.82) is 0 Å². The Labute approximate surface area is 162 Å². The molecule has 2 N–H and O–H groups in total. The first-order chi connectivity index (χ1) is 11.0. The molecule has 0 saturated heterocycles. The Bertz CT molecular complexity index is 562. The van der Waals surface area contributed by atoms with Gasteiger partial charge in [0.15, 0.2) is 5.96 Å². The molecular formula is C14H29IN6O2S. The van der Waals surface area contributed by atoms with E-state index in [9.17, 15) is 8.42 Å². The number of halogens is 1. The zero-order valence-electron chi connectivity index (χ0n) is 14.6. The monoisotopic (exact) mass is 472 g/mol. The molecule has 0 aliphatic carbocycles. The maximum atomic E-state index is 11.6. The summed E-state index contributed by atoms with van der Waals surface area (Å²) in [5.74, 6) is 0.864. The molecular weight excluding hydrogens is 443 g/mol. The number of sulfonamides is 1. The molecule has 1 heterocycles. The second kappa shape index (κ2) is 12.5. The van der Waals surface area contributed by atoms with Crippen molar-refractivity contribution in [3.05, 3.63) is 18.5 Å². The summed E-state index contributed by atoms with van der Waals surface area (Å²) >= 11 is 0. The van der Waals surface area contributed by atoms with Crippen molar-refractivity contribution in [3.8, 4) is 0 Å². The van der Waals surface area contributed by atoms with E-state index >= 15 is 0 Å². The summed E-state index contributed by atoms with van der Waals surface area (Å²) in [5.41, 5.74) is 0. The molecule has 1 rings (SSSR count). The van der Waals surface area contributed by atoms with Crippen LogP contribution in [0.3, 0.4) is 0 Å². The van der Waals surface area contributed by atoms with Gasteiger partial charge in [0.05, 0.1) is 5.75 Å². The van der Waals surface area contributed by atoms with Gasteiger partial charge in [-0.25, -0.2) is 12.7 Å². The lowest BCUT2D eigenvalue weighted by atomic mass is 10.4. The highest BCUT2D eigenvalue weighted by Gasteiger charge is 2.13. The molecule has 0 bridgehead atoms. The van der Waals surface area contributed by atoms with E-state index in [4.69, 9.17) is 0 Å². The number of rotatable bonds is 10. The lowest BCUT2D eigenvalue weighted by Crippen LogP contribution is -2.39. The van der Waals surface area contributed by atoms with Crippen LogP contribution in [0.25, 0.3) is 0 Å². The fourth-order valence-electron chi connectivity index (χ4n) is 1.97. The van der Waals surface area contributed by atoms with E-state index in [0.717, 1.165) is 31.9 Å². The molecule has 1 aromatic rings. The Kier molecular flexibility index (Phi) is 12.0. The fraction of sp³-hybridized carbons (Fsp3) is 0.714. The number of aliphatic imine (C=N–C) groups is 1. The molecule has 24 heavy (non-hydrogen) atoms. The molecule has 0 amide bonds. The van der Waals surface area contributed by atoms with E-state index in [1.807, 2.05) is 16.9 Å². The maximum absolute atomic E-state index is 11.6. The summed E-state index contributed by atoms with van der Waals surface area (Å²) in [6.07, 6.45) is 5.38. The topological polar surface area (TPSA) is 91.6 Å². The average Bonchev–Trinajstić information content (AvgIpc) is 3.06. The third kappa shape index (κ3) is 8.83. The summed E-state index contributed by atoms with van der Waals surface area (Å²) in [7, 11) is 0.239. The molecule has 0 aliphatic rings. The van der Waals surface area contributed by atoms with Crippen LogP contribution < -0.4 is 10.6 Å². The lowest BCUT2D eigenvalue weighted by molar-refractivity contribution is 0.461. The van der Waals surface area contributed by atoms with Crippen LogP contribution >= 0.6 is 24.0 Å². The number of aryl methyl sites for hydroxylation is 1. The van der Waals surface area contributed by atoms with Crippen LogP contribution in [0, 0.1) is 0 Å². The maximum Gasteiger partial charge on any atom is 0.213 e. The molecule has 0 unspecified atom stereocenters. The third-order valence-corrected chi connectivity index (χ3v) is 5.28. The molecule has 8 nitrogen and oxygen atoms in total. The predicted molar refractivity (Wildman–Crippen MR) is 108 cm³/mol. The summed E-state index contributed by atoms with van der Waals surface area (Å²) in [6, 6.07) is 1.91. The molecule has 0 atom stereocenters. The molecule has 10 heteroatoms. The number of aromatic nitrogens is 2. The highest BCUT2D eigenvalue weighted by atomic mass is 127. The van der Waals surface area contributed by atoms with Gasteiger partial charge in [0.1, 0.15) is 0 Å². The number of nitrogens with zero attached hydrogens (tertiary/aromatic N) is 4. The molecule has 0 aliphatic heterocycles. The average molecular weight is 472 g/mol. The van der Waals surface area contributed by atoms with Crippen molar-refractivity contribution in [3.63, 3.8) is 0 Å². The molecule has 0 fully saturated rings. The van der Waals surface area contributed by atoms with Crippen LogP contribution in [0.2, 0.25) is 0 Å². The minimum absolute atomic E-state index is 0. The van der Waals surface area contributed by atoms with Gasteiger partial charge in [0, 0.05) is 52.7 Å². The third-order valence-electron chi connectivity index (χ3n) is 3.42. The zero-order valence-corrected chi connectivity index (χ0v) is 17.8. The quantitative estimate of drug-likeness (QED) is 0.227. The van der Waals surface area contributed by atoms with E-state index < -0.39 is 10.0 Å². The molecule has 0 saturated carbocycles. The van der Waals surface area contributed by atoms with Gasteiger partial charge in [-0.3, -0.25) is 9.67 Å². The van der Waals surface area contributed by atoms with E-state index in [-0.39, 0.29) is 29.7 Å². The SMILES string of the molecule is CCS(=O)(=O)N(C)CCCNC(=NC)NCCCn1cccn1.I. The summed E-state index contributed by atoms with van der Waals surface area (Å²) < 4.78 is 26.5. The van der Waals surface area contributed by atoms with Crippen LogP contribution in [-0.2, 0) is 16.6 Å². The van der Waals surface area contributed by atoms with Crippen LogP contribution in [0.1, 0.15) is 19.8 Å². The predicted octanol–water partition coefficient (Wildman–Crippen LogP) is 0.728. The minimum Gasteiger partial charge on any atom is -0.356 e. The van der Waals surface area contributed by atoms with Crippen molar-refractivity contribution in [1.82, 2.24) is 24.7 Å². The Morgan fingerprint density at radius 1 is 1.29 bits per heavy atom. The largest absolute Gasteiger partial charge is 0.356 e. The van der Waals surface area contributed by atoms with Crippen LogP contribution in [-0.4, -0.2) is 67.9 Å². The highest BCUT2D eigenvalue weighted by molar-refractivity contribution is 14.0. The zero-order chi connectivity index (χ0) is 17.1. The Morgan fingerprint density at radius 3 is 2.50 bits per heavy atom. The summed E-state index contributed by atoms with van der Waals surface area (Å²) in [4.78, 5) is 4.14. The van der Waals surface area contributed by atoms with Gasteiger partial charge in [-0.05, 0) is 25.8 Å². The number of hydrogen-bond donors (Lipinski definition) is 2. The number of hydrogen-bond acceptors (Lipinski definition) is 4. The first-order valence-electron chi connectivity index (χ1n) is 7.85. The van der Waals surface area contributed by atoms with Crippen molar-refractivity contribution in [2.75, 3.05) is 39.5 Å². The van der Waals surface area contributed by atoms with Crippen molar-refractivity contribution < 1.29 is 8.42 Å². The Balaban J connectivity index is 0.00000529. The first-order valence-corrected chi connectivity index (χ1v) is 9.46. The smallest absolute Gasteiger partial charge is 0.213 e. The van der Waals surface area contributed by atoms with Gasteiger partial charge in [-0.1, -0.05) is 0 Å². The molecule has 0 spiro atoms. The minimum atomic E-state index is -3.09. The molecule has 1 aromatic heterocycles. The van der Waals surface area contributed by atoms with Gasteiger partial charge in [0.2, 0.25) is 10.0 Å². The molecule has 0 aromatic carbocycles. The second-order valence-corrected chi connectivity index (χ2v) is 7.49. The van der Waals surface area contributed by atoms with Gasteiger partial charge in [0.25, 0.3) is 0 Å². The normalized spacial score (nSPS) is 12.1. The van der Waals surface area contributed by atoms with Gasteiger partial charge in [-0.15, -0.1) is 24.0 Å². The molecule has 140 valence electrons. The lowest BCUT2D eigenvalue weighted by Gasteiger charge is -2.16.